The predicted octanol–water partition coefficient (Wildman–Crippen LogP) is 3.16. The van der Waals surface area contributed by atoms with Crippen LogP contribution in [-0.4, -0.2) is 19.5 Å². The molecule has 1 atom stereocenters. The average molecular weight is 345 g/mol. The Morgan fingerprint density at radius 1 is 1.29 bits per heavy atom. The molecule has 2 heterocycles. The molecule has 0 fully saturated rings. The van der Waals surface area contributed by atoms with Crippen LogP contribution in [-0.2, 0) is 10.0 Å². The molecule has 0 aliphatic heterocycles. The third-order valence-electron chi connectivity index (χ3n) is 2.93. The van der Waals surface area contributed by atoms with Crippen LogP contribution in [0.25, 0.3) is 0 Å². The van der Waals surface area contributed by atoms with Crippen molar-refractivity contribution in [3.8, 4) is 0 Å². The smallest absolute Gasteiger partial charge is 0.345 e. The number of thiophene rings is 2. The van der Waals surface area contributed by atoms with Crippen molar-refractivity contribution in [2.24, 2.45) is 0 Å². The Labute approximate surface area is 131 Å². The minimum absolute atomic E-state index is 0.00517. The van der Waals surface area contributed by atoms with E-state index in [1.807, 2.05) is 19.9 Å². The first kappa shape index (κ1) is 16.2. The second-order valence-corrected chi connectivity index (χ2v) is 9.12. The van der Waals surface area contributed by atoms with E-state index < -0.39 is 16.0 Å². The highest BCUT2D eigenvalue weighted by Gasteiger charge is 2.23. The molecule has 1 unspecified atom stereocenters. The maximum absolute atomic E-state index is 12.3. The van der Waals surface area contributed by atoms with Gasteiger partial charge in [0.05, 0.1) is 0 Å². The first-order valence-electron chi connectivity index (χ1n) is 6.13. The Balaban J connectivity index is 2.24. The van der Waals surface area contributed by atoms with Gasteiger partial charge in [-0.05, 0) is 44.5 Å². The lowest BCUT2D eigenvalue weighted by Gasteiger charge is -2.13. The van der Waals surface area contributed by atoms with E-state index in [-0.39, 0.29) is 15.1 Å². The van der Waals surface area contributed by atoms with E-state index in [0.29, 0.717) is 0 Å². The zero-order valence-electron chi connectivity index (χ0n) is 11.7. The van der Waals surface area contributed by atoms with Crippen molar-refractivity contribution >= 4 is 38.7 Å². The molecule has 0 amide bonds. The van der Waals surface area contributed by atoms with Gasteiger partial charge >= 0.3 is 5.97 Å². The van der Waals surface area contributed by atoms with E-state index in [4.69, 9.17) is 5.11 Å². The van der Waals surface area contributed by atoms with Crippen LogP contribution in [0.3, 0.4) is 0 Å². The number of hydrogen-bond donors (Lipinski definition) is 2. The van der Waals surface area contributed by atoms with Crippen molar-refractivity contribution in [1.29, 1.82) is 0 Å². The Morgan fingerprint density at radius 3 is 2.43 bits per heavy atom. The first-order valence-corrected chi connectivity index (χ1v) is 9.24. The van der Waals surface area contributed by atoms with E-state index >= 15 is 0 Å². The van der Waals surface area contributed by atoms with Crippen LogP contribution >= 0.6 is 22.7 Å². The first-order chi connectivity index (χ1) is 9.70. The average Bonchev–Trinajstić information content (AvgIpc) is 2.95. The summed E-state index contributed by atoms with van der Waals surface area (Å²) in [5.74, 6) is -1.13. The number of hydrogen-bond acceptors (Lipinski definition) is 5. The predicted molar refractivity (Wildman–Crippen MR) is 83.8 cm³/mol. The van der Waals surface area contributed by atoms with Crippen LogP contribution in [0.5, 0.6) is 0 Å². The summed E-state index contributed by atoms with van der Waals surface area (Å²) in [6, 6.07) is 4.21. The Morgan fingerprint density at radius 2 is 1.95 bits per heavy atom. The fraction of sp³-hybridized carbons (Fsp3) is 0.308. The molecular formula is C13H15NO4S3. The van der Waals surface area contributed by atoms with Crippen LogP contribution in [0.1, 0.15) is 38.0 Å². The summed E-state index contributed by atoms with van der Waals surface area (Å²) in [5, 5.41) is 8.86. The van der Waals surface area contributed by atoms with Gasteiger partial charge in [-0.3, -0.25) is 0 Å². The third kappa shape index (κ3) is 3.52. The molecular weight excluding hydrogens is 330 g/mol. The van der Waals surface area contributed by atoms with Gasteiger partial charge in [0.25, 0.3) is 10.0 Å². The zero-order valence-corrected chi connectivity index (χ0v) is 14.2. The maximum Gasteiger partial charge on any atom is 0.345 e. The van der Waals surface area contributed by atoms with Gasteiger partial charge < -0.3 is 5.11 Å². The monoisotopic (exact) mass is 345 g/mol. The van der Waals surface area contributed by atoms with Crippen molar-refractivity contribution in [2.45, 2.75) is 31.0 Å². The number of carboxylic acids is 1. The largest absolute Gasteiger partial charge is 0.477 e. The molecule has 5 nitrogen and oxygen atoms in total. The Bertz CT molecular complexity index is 773. The summed E-state index contributed by atoms with van der Waals surface area (Å²) < 4.78 is 27.2. The molecule has 0 aliphatic rings. The van der Waals surface area contributed by atoms with Crippen LogP contribution in [0.4, 0.5) is 0 Å². The summed E-state index contributed by atoms with van der Waals surface area (Å²) >= 11 is 2.36. The number of nitrogens with one attached hydrogen (secondary N) is 1. The molecule has 0 aliphatic carbocycles. The van der Waals surface area contributed by atoms with Gasteiger partial charge in [0.1, 0.15) is 9.09 Å². The lowest BCUT2D eigenvalue weighted by molar-refractivity contribution is 0.0702. The second kappa shape index (κ2) is 5.88. The summed E-state index contributed by atoms with van der Waals surface area (Å²) in [5.41, 5.74) is 0.941. The molecule has 2 aromatic rings. The van der Waals surface area contributed by atoms with Crippen molar-refractivity contribution in [2.75, 3.05) is 0 Å². The molecule has 2 rings (SSSR count). The standard InChI is InChI=1S/C13H15NO4S3/c1-7-6-10(9(3)19-7)8(2)14-21(17,18)12-5-4-11(20-12)13(15)16/h4-6,8,14H,1-3H3,(H,15,16). The van der Waals surface area contributed by atoms with Crippen molar-refractivity contribution in [1.82, 2.24) is 4.72 Å². The third-order valence-corrected chi connectivity index (χ3v) is 7.02. The van der Waals surface area contributed by atoms with E-state index in [9.17, 15) is 13.2 Å². The number of aryl methyl sites for hydroxylation is 2. The summed E-state index contributed by atoms with van der Waals surface area (Å²) in [7, 11) is -3.72. The van der Waals surface area contributed by atoms with Crippen LogP contribution < -0.4 is 4.72 Å². The molecule has 21 heavy (non-hydrogen) atoms. The van der Waals surface area contributed by atoms with Crippen molar-refractivity contribution < 1.29 is 18.3 Å². The summed E-state index contributed by atoms with van der Waals surface area (Å²) in [6.07, 6.45) is 0. The number of aromatic carboxylic acids is 1. The van der Waals surface area contributed by atoms with Gasteiger partial charge in [-0.1, -0.05) is 0 Å². The van der Waals surface area contributed by atoms with E-state index in [1.54, 1.807) is 18.3 Å². The highest BCUT2D eigenvalue weighted by atomic mass is 32.2. The van der Waals surface area contributed by atoms with E-state index in [2.05, 4.69) is 4.72 Å². The van der Waals surface area contributed by atoms with Crippen molar-refractivity contribution in [3.05, 3.63) is 38.4 Å². The van der Waals surface area contributed by atoms with Crippen molar-refractivity contribution in [3.63, 3.8) is 0 Å². The SMILES string of the molecule is Cc1cc(C(C)NS(=O)(=O)c2ccc(C(=O)O)s2)c(C)s1. The van der Waals surface area contributed by atoms with E-state index in [1.165, 1.54) is 12.1 Å². The molecule has 114 valence electrons. The quantitative estimate of drug-likeness (QED) is 0.872. The van der Waals surface area contributed by atoms with Crippen LogP contribution in [0.2, 0.25) is 0 Å². The van der Waals surface area contributed by atoms with Gasteiger partial charge in [0.15, 0.2) is 0 Å². The molecule has 0 spiro atoms. The number of rotatable bonds is 5. The lowest BCUT2D eigenvalue weighted by atomic mass is 10.1. The summed E-state index contributed by atoms with van der Waals surface area (Å²) in [4.78, 5) is 13.0. The second-order valence-electron chi connectivity index (χ2n) is 4.64. The highest BCUT2D eigenvalue weighted by molar-refractivity contribution is 7.91. The topological polar surface area (TPSA) is 83.5 Å². The number of sulfonamides is 1. The molecule has 2 N–H and O–H groups in total. The van der Waals surface area contributed by atoms with Gasteiger partial charge in [-0.15, -0.1) is 22.7 Å². The summed E-state index contributed by atoms with van der Waals surface area (Å²) in [6.45, 7) is 5.70. The zero-order chi connectivity index (χ0) is 15.8. The molecule has 2 aromatic heterocycles. The fourth-order valence-electron chi connectivity index (χ4n) is 2.01. The van der Waals surface area contributed by atoms with Gasteiger partial charge in [0, 0.05) is 15.8 Å². The molecule has 0 radical (unpaired) electrons. The molecule has 0 aromatic carbocycles. The number of carboxylic acid groups (broad SMARTS) is 1. The molecule has 0 saturated carbocycles. The minimum Gasteiger partial charge on any atom is -0.477 e. The van der Waals surface area contributed by atoms with Gasteiger partial charge in [0.2, 0.25) is 0 Å². The fourth-order valence-corrected chi connectivity index (χ4v) is 5.42. The Kier molecular flexibility index (Phi) is 4.52. The normalized spacial score (nSPS) is 13.3. The number of carbonyl (C=O) groups is 1. The highest BCUT2D eigenvalue weighted by Crippen LogP contribution is 2.28. The van der Waals surface area contributed by atoms with Gasteiger partial charge in [-0.2, -0.15) is 0 Å². The van der Waals surface area contributed by atoms with Crippen LogP contribution in [0, 0.1) is 13.8 Å². The van der Waals surface area contributed by atoms with Crippen LogP contribution in [0.15, 0.2) is 22.4 Å². The maximum atomic E-state index is 12.3. The Hall–Kier alpha value is -1.22. The molecule has 0 saturated heterocycles. The van der Waals surface area contributed by atoms with Gasteiger partial charge in [-0.25, -0.2) is 17.9 Å². The molecule has 8 heteroatoms. The lowest BCUT2D eigenvalue weighted by Crippen LogP contribution is -2.26. The molecule has 0 bridgehead atoms. The van der Waals surface area contributed by atoms with E-state index in [0.717, 1.165) is 26.7 Å². The minimum atomic E-state index is -3.72.